The number of nitrogens with one attached hydrogen (secondary N) is 2. The molecule has 0 amide bonds. The van der Waals surface area contributed by atoms with Gasteiger partial charge in [-0.2, -0.15) is 4.98 Å². The Labute approximate surface area is 115 Å². The van der Waals surface area contributed by atoms with Crippen molar-refractivity contribution in [1.82, 2.24) is 9.97 Å². The molecule has 1 aromatic heterocycles. The van der Waals surface area contributed by atoms with Crippen molar-refractivity contribution >= 4 is 28.4 Å². The van der Waals surface area contributed by atoms with E-state index >= 15 is 0 Å². The number of benzene rings is 2. The summed E-state index contributed by atoms with van der Waals surface area (Å²) in [6.45, 7) is 0. The van der Waals surface area contributed by atoms with Crippen LogP contribution in [0.15, 0.2) is 48.5 Å². The summed E-state index contributed by atoms with van der Waals surface area (Å²) in [5.74, 6) is 0.957. The number of rotatable bonds is 3. The van der Waals surface area contributed by atoms with Gasteiger partial charge in [0.2, 0.25) is 5.95 Å². The van der Waals surface area contributed by atoms with Crippen LogP contribution >= 0.6 is 0 Å². The van der Waals surface area contributed by atoms with Crippen molar-refractivity contribution in [1.29, 1.82) is 0 Å². The maximum absolute atomic E-state index is 12.9. The molecule has 2 aromatic carbocycles. The lowest BCUT2D eigenvalue weighted by Crippen LogP contribution is -2.01. The van der Waals surface area contributed by atoms with Crippen molar-refractivity contribution in [3.63, 3.8) is 0 Å². The Morgan fingerprint density at radius 3 is 2.45 bits per heavy atom. The third-order valence-corrected chi connectivity index (χ3v) is 2.93. The van der Waals surface area contributed by atoms with E-state index < -0.39 is 0 Å². The number of fused-ring (bicyclic) bond motifs is 1. The summed E-state index contributed by atoms with van der Waals surface area (Å²) in [5.41, 5.74) is 1.62. The van der Waals surface area contributed by atoms with Crippen molar-refractivity contribution in [2.45, 2.75) is 0 Å². The van der Waals surface area contributed by atoms with Crippen LogP contribution in [0.3, 0.4) is 0 Å². The second kappa shape index (κ2) is 5.13. The Morgan fingerprint density at radius 1 is 0.950 bits per heavy atom. The summed E-state index contributed by atoms with van der Waals surface area (Å²) >= 11 is 0. The highest BCUT2D eigenvalue weighted by Gasteiger charge is 2.06. The lowest BCUT2D eigenvalue weighted by molar-refractivity contribution is 0.628. The number of nitrogens with zero attached hydrogens (tertiary/aromatic N) is 2. The molecule has 4 nitrogen and oxygen atoms in total. The molecule has 0 atom stereocenters. The molecular formula is C15H13FN4. The van der Waals surface area contributed by atoms with Gasteiger partial charge in [-0.05, 0) is 36.4 Å². The van der Waals surface area contributed by atoms with Crippen LogP contribution in [0.25, 0.3) is 10.9 Å². The van der Waals surface area contributed by atoms with Crippen molar-refractivity contribution < 1.29 is 4.39 Å². The lowest BCUT2D eigenvalue weighted by Gasteiger charge is -2.10. The average molecular weight is 268 g/mol. The van der Waals surface area contributed by atoms with Gasteiger partial charge in [0.15, 0.2) is 0 Å². The monoisotopic (exact) mass is 268 g/mol. The second-order valence-corrected chi connectivity index (χ2v) is 4.29. The highest BCUT2D eigenvalue weighted by molar-refractivity contribution is 5.91. The predicted molar refractivity (Wildman–Crippen MR) is 78.8 cm³/mol. The lowest BCUT2D eigenvalue weighted by atomic mass is 10.2. The molecule has 0 fully saturated rings. The Bertz CT molecular complexity index is 740. The normalized spacial score (nSPS) is 10.5. The van der Waals surface area contributed by atoms with E-state index in [1.807, 2.05) is 24.3 Å². The first kappa shape index (κ1) is 12.3. The standard InChI is InChI=1S/C15H13FN4/c1-17-15-19-13-5-3-2-4-12(13)14(20-15)18-11-8-6-10(16)7-9-11/h2-9H,1H3,(H2,17,18,19,20). The highest BCUT2D eigenvalue weighted by Crippen LogP contribution is 2.24. The van der Waals surface area contributed by atoms with Crippen molar-refractivity contribution in [3.8, 4) is 0 Å². The number of aromatic nitrogens is 2. The molecule has 5 heteroatoms. The maximum Gasteiger partial charge on any atom is 0.224 e. The molecule has 100 valence electrons. The summed E-state index contributed by atoms with van der Waals surface area (Å²) in [4.78, 5) is 8.80. The fourth-order valence-corrected chi connectivity index (χ4v) is 1.95. The molecule has 0 aliphatic rings. The Morgan fingerprint density at radius 2 is 1.70 bits per heavy atom. The molecular weight excluding hydrogens is 255 g/mol. The third-order valence-electron chi connectivity index (χ3n) is 2.93. The summed E-state index contributed by atoms with van der Waals surface area (Å²) in [6, 6.07) is 13.9. The molecule has 20 heavy (non-hydrogen) atoms. The van der Waals surface area contributed by atoms with E-state index in [4.69, 9.17) is 0 Å². The van der Waals surface area contributed by atoms with Crippen molar-refractivity contribution in [2.24, 2.45) is 0 Å². The first-order valence-electron chi connectivity index (χ1n) is 6.23. The number of hydrogen-bond donors (Lipinski definition) is 2. The minimum absolute atomic E-state index is 0.265. The van der Waals surface area contributed by atoms with Crippen LogP contribution < -0.4 is 10.6 Å². The number of hydrogen-bond acceptors (Lipinski definition) is 4. The largest absolute Gasteiger partial charge is 0.357 e. The predicted octanol–water partition coefficient (Wildman–Crippen LogP) is 3.55. The van der Waals surface area contributed by atoms with E-state index in [-0.39, 0.29) is 5.82 Å². The van der Waals surface area contributed by atoms with E-state index in [0.717, 1.165) is 16.6 Å². The van der Waals surface area contributed by atoms with Gasteiger partial charge in [0, 0.05) is 18.1 Å². The molecule has 0 aliphatic heterocycles. The Balaban J connectivity index is 2.07. The quantitative estimate of drug-likeness (QED) is 0.762. The number of halogens is 1. The molecule has 0 radical (unpaired) electrons. The zero-order valence-electron chi connectivity index (χ0n) is 10.9. The molecule has 0 unspecified atom stereocenters. The molecule has 0 spiro atoms. The van der Waals surface area contributed by atoms with Crippen LogP contribution in [0.5, 0.6) is 0 Å². The molecule has 0 saturated heterocycles. The van der Waals surface area contributed by atoms with Gasteiger partial charge in [-0.3, -0.25) is 0 Å². The molecule has 3 aromatic rings. The first-order chi connectivity index (χ1) is 9.76. The van der Waals surface area contributed by atoms with E-state index in [2.05, 4.69) is 20.6 Å². The average Bonchev–Trinajstić information content (AvgIpc) is 2.49. The van der Waals surface area contributed by atoms with Crippen LogP contribution in [0.4, 0.5) is 21.8 Å². The van der Waals surface area contributed by atoms with Crippen LogP contribution in [0.1, 0.15) is 0 Å². The second-order valence-electron chi connectivity index (χ2n) is 4.29. The van der Waals surface area contributed by atoms with Crippen LogP contribution in [-0.2, 0) is 0 Å². The molecule has 0 aliphatic carbocycles. The fourth-order valence-electron chi connectivity index (χ4n) is 1.95. The van der Waals surface area contributed by atoms with Gasteiger partial charge < -0.3 is 10.6 Å². The molecule has 3 rings (SSSR count). The fraction of sp³-hybridized carbons (Fsp3) is 0.0667. The summed E-state index contributed by atoms with van der Waals surface area (Å²) in [7, 11) is 1.77. The Hall–Kier alpha value is -2.69. The SMILES string of the molecule is CNc1nc(Nc2ccc(F)cc2)c2ccccc2n1. The van der Waals surface area contributed by atoms with Gasteiger partial charge in [0.05, 0.1) is 5.52 Å². The van der Waals surface area contributed by atoms with E-state index in [1.165, 1.54) is 12.1 Å². The molecule has 0 saturated carbocycles. The van der Waals surface area contributed by atoms with E-state index in [0.29, 0.717) is 11.8 Å². The zero-order chi connectivity index (χ0) is 13.9. The first-order valence-corrected chi connectivity index (χ1v) is 6.23. The van der Waals surface area contributed by atoms with Gasteiger partial charge in [-0.25, -0.2) is 9.37 Å². The van der Waals surface area contributed by atoms with Gasteiger partial charge in [-0.15, -0.1) is 0 Å². The maximum atomic E-state index is 12.9. The summed E-state index contributed by atoms with van der Waals surface area (Å²) in [6.07, 6.45) is 0. The minimum atomic E-state index is -0.265. The third kappa shape index (κ3) is 2.38. The van der Waals surface area contributed by atoms with Gasteiger partial charge in [0.1, 0.15) is 11.6 Å². The van der Waals surface area contributed by atoms with E-state index in [1.54, 1.807) is 19.2 Å². The molecule has 1 heterocycles. The molecule has 2 N–H and O–H groups in total. The smallest absolute Gasteiger partial charge is 0.224 e. The van der Waals surface area contributed by atoms with Gasteiger partial charge >= 0.3 is 0 Å². The topological polar surface area (TPSA) is 49.8 Å². The van der Waals surface area contributed by atoms with Gasteiger partial charge in [0.25, 0.3) is 0 Å². The number of para-hydroxylation sites is 1. The van der Waals surface area contributed by atoms with Crippen LogP contribution in [-0.4, -0.2) is 17.0 Å². The summed E-state index contributed by atoms with van der Waals surface area (Å²) < 4.78 is 12.9. The summed E-state index contributed by atoms with van der Waals surface area (Å²) in [5, 5.41) is 7.04. The molecule has 0 bridgehead atoms. The number of anilines is 3. The minimum Gasteiger partial charge on any atom is -0.357 e. The highest BCUT2D eigenvalue weighted by atomic mass is 19.1. The van der Waals surface area contributed by atoms with E-state index in [9.17, 15) is 4.39 Å². The van der Waals surface area contributed by atoms with Crippen LogP contribution in [0.2, 0.25) is 0 Å². The zero-order valence-corrected chi connectivity index (χ0v) is 10.9. The van der Waals surface area contributed by atoms with Crippen molar-refractivity contribution in [2.75, 3.05) is 17.7 Å². The van der Waals surface area contributed by atoms with Crippen molar-refractivity contribution in [3.05, 3.63) is 54.3 Å². The Kier molecular flexibility index (Phi) is 3.16. The van der Waals surface area contributed by atoms with Gasteiger partial charge in [-0.1, -0.05) is 12.1 Å². The van der Waals surface area contributed by atoms with Crippen LogP contribution in [0, 0.1) is 5.82 Å².